The highest BCUT2D eigenvalue weighted by Gasteiger charge is 2.20. The second-order valence-corrected chi connectivity index (χ2v) is 6.66. The number of esters is 1. The second-order valence-electron chi connectivity index (χ2n) is 5.72. The normalized spacial score (nSPS) is 10.6. The number of nitrogens with zero attached hydrogens (tertiary/aromatic N) is 3. The fraction of sp³-hybridized carbons (Fsp3) is 0.250. The molecule has 1 heterocycles. The first-order valence-electron chi connectivity index (χ1n) is 8.59. The molecular formula is C20H21N3O3S. The third kappa shape index (κ3) is 4.14. The van der Waals surface area contributed by atoms with Gasteiger partial charge in [-0.2, -0.15) is 0 Å². The SMILES string of the molecule is CCOC(=O)CSc1nnc(-c2ccccc2OC)n1-c1ccccc1C. The van der Waals surface area contributed by atoms with Crippen LogP contribution in [0.2, 0.25) is 0 Å². The van der Waals surface area contributed by atoms with Crippen molar-refractivity contribution in [2.75, 3.05) is 19.5 Å². The van der Waals surface area contributed by atoms with E-state index in [-0.39, 0.29) is 11.7 Å². The third-order valence-electron chi connectivity index (χ3n) is 3.96. The summed E-state index contributed by atoms with van der Waals surface area (Å²) in [4.78, 5) is 11.8. The minimum absolute atomic E-state index is 0.170. The number of carbonyl (C=O) groups is 1. The van der Waals surface area contributed by atoms with Gasteiger partial charge in [0.15, 0.2) is 11.0 Å². The number of rotatable bonds is 7. The second kappa shape index (κ2) is 8.73. The number of benzene rings is 2. The summed E-state index contributed by atoms with van der Waals surface area (Å²) in [7, 11) is 1.63. The van der Waals surface area contributed by atoms with Crippen LogP contribution < -0.4 is 4.74 Å². The standard InChI is InChI=1S/C20H21N3O3S/c1-4-26-18(24)13-27-20-22-21-19(15-10-6-8-12-17(15)25-3)23(20)16-11-7-5-9-14(16)2/h5-12H,4,13H2,1-3H3. The molecule has 7 heteroatoms. The Morgan fingerprint density at radius 1 is 1.11 bits per heavy atom. The number of methoxy groups -OCH3 is 1. The minimum atomic E-state index is -0.277. The Balaban J connectivity index is 2.09. The summed E-state index contributed by atoms with van der Waals surface area (Å²) in [6, 6.07) is 15.7. The summed E-state index contributed by atoms with van der Waals surface area (Å²) >= 11 is 1.30. The number of carbonyl (C=O) groups excluding carboxylic acids is 1. The van der Waals surface area contributed by atoms with E-state index in [1.54, 1.807) is 14.0 Å². The summed E-state index contributed by atoms with van der Waals surface area (Å²) in [5.74, 6) is 1.26. The Kier molecular flexibility index (Phi) is 6.13. The van der Waals surface area contributed by atoms with Crippen molar-refractivity contribution in [1.82, 2.24) is 14.8 Å². The van der Waals surface area contributed by atoms with Crippen LogP contribution in [0, 0.1) is 6.92 Å². The monoisotopic (exact) mass is 383 g/mol. The maximum absolute atomic E-state index is 11.8. The van der Waals surface area contributed by atoms with E-state index in [0.717, 1.165) is 16.8 Å². The van der Waals surface area contributed by atoms with Crippen LogP contribution in [0.25, 0.3) is 17.1 Å². The van der Waals surface area contributed by atoms with Crippen LogP contribution in [-0.2, 0) is 9.53 Å². The van der Waals surface area contributed by atoms with E-state index in [1.807, 2.05) is 60.0 Å². The zero-order valence-electron chi connectivity index (χ0n) is 15.5. The van der Waals surface area contributed by atoms with Crippen molar-refractivity contribution < 1.29 is 14.3 Å². The van der Waals surface area contributed by atoms with Crippen LogP contribution in [0.1, 0.15) is 12.5 Å². The van der Waals surface area contributed by atoms with Gasteiger partial charge in [0.05, 0.1) is 30.7 Å². The lowest BCUT2D eigenvalue weighted by Crippen LogP contribution is -2.08. The molecule has 0 amide bonds. The lowest BCUT2D eigenvalue weighted by Gasteiger charge is -2.14. The molecule has 0 aliphatic heterocycles. The lowest BCUT2D eigenvalue weighted by atomic mass is 10.1. The van der Waals surface area contributed by atoms with E-state index in [1.165, 1.54) is 11.8 Å². The molecule has 6 nitrogen and oxygen atoms in total. The molecule has 0 saturated heterocycles. The van der Waals surface area contributed by atoms with E-state index in [0.29, 0.717) is 23.3 Å². The molecule has 0 fully saturated rings. The van der Waals surface area contributed by atoms with E-state index in [9.17, 15) is 4.79 Å². The van der Waals surface area contributed by atoms with E-state index in [4.69, 9.17) is 9.47 Å². The smallest absolute Gasteiger partial charge is 0.316 e. The third-order valence-corrected chi connectivity index (χ3v) is 4.86. The van der Waals surface area contributed by atoms with E-state index >= 15 is 0 Å². The lowest BCUT2D eigenvalue weighted by molar-refractivity contribution is -0.139. The van der Waals surface area contributed by atoms with Gasteiger partial charge in [0.1, 0.15) is 5.75 Å². The number of aryl methyl sites for hydroxylation is 1. The molecule has 0 bridgehead atoms. The fourth-order valence-electron chi connectivity index (χ4n) is 2.72. The predicted molar refractivity (Wildman–Crippen MR) is 105 cm³/mol. The topological polar surface area (TPSA) is 66.2 Å². The van der Waals surface area contributed by atoms with Gasteiger partial charge in [0, 0.05) is 0 Å². The highest BCUT2D eigenvalue weighted by Crippen LogP contribution is 2.33. The molecule has 1 aromatic heterocycles. The molecule has 27 heavy (non-hydrogen) atoms. The van der Waals surface area contributed by atoms with Gasteiger partial charge >= 0.3 is 5.97 Å². The summed E-state index contributed by atoms with van der Waals surface area (Å²) in [6.07, 6.45) is 0. The number of aromatic nitrogens is 3. The maximum atomic E-state index is 11.8. The highest BCUT2D eigenvalue weighted by molar-refractivity contribution is 7.99. The molecule has 3 rings (SSSR count). The van der Waals surface area contributed by atoms with Gasteiger partial charge < -0.3 is 9.47 Å². The van der Waals surface area contributed by atoms with Crippen molar-refractivity contribution in [2.24, 2.45) is 0 Å². The molecule has 0 saturated carbocycles. The van der Waals surface area contributed by atoms with Crippen molar-refractivity contribution >= 4 is 17.7 Å². The van der Waals surface area contributed by atoms with Gasteiger partial charge in [-0.3, -0.25) is 9.36 Å². The number of hydrogen-bond acceptors (Lipinski definition) is 6. The van der Waals surface area contributed by atoms with Crippen LogP contribution in [0.3, 0.4) is 0 Å². The van der Waals surface area contributed by atoms with Crippen LogP contribution in [0.5, 0.6) is 5.75 Å². The first-order chi connectivity index (χ1) is 13.2. The molecule has 140 valence electrons. The largest absolute Gasteiger partial charge is 0.496 e. The van der Waals surface area contributed by atoms with Gasteiger partial charge in [-0.05, 0) is 37.6 Å². The molecule has 0 spiro atoms. The molecule has 0 radical (unpaired) electrons. The number of thioether (sulfide) groups is 1. The van der Waals surface area contributed by atoms with Crippen LogP contribution in [-0.4, -0.2) is 40.2 Å². The Hall–Kier alpha value is -2.80. The Bertz CT molecular complexity index is 940. The predicted octanol–water partition coefficient (Wildman–Crippen LogP) is 3.91. The number of para-hydroxylation sites is 2. The van der Waals surface area contributed by atoms with Crippen molar-refractivity contribution in [3.63, 3.8) is 0 Å². The molecule has 2 aromatic carbocycles. The Morgan fingerprint density at radius 3 is 2.59 bits per heavy atom. The molecule has 0 aliphatic rings. The van der Waals surface area contributed by atoms with Crippen molar-refractivity contribution in [3.8, 4) is 22.8 Å². The van der Waals surface area contributed by atoms with E-state index in [2.05, 4.69) is 10.2 Å². The van der Waals surface area contributed by atoms with Crippen LogP contribution in [0.15, 0.2) is 53.7 Å². The van der Waals surface area contributed by atoms with Gasteiger partial charge in [0.2, 0.25) is 0 Å². The van der Waals surface area contributed by atoms with Crippen LogP contribution >= 0.6 is 11.8 Å². The van der Waals surface area contributed by atoms with Crippen molar-refractivity contribution in [3.05, 3.63) is 54.1 Å². The first kappa shape index (κ1) is 19.0. The summed E-state index contributed by atoms with van der Waals surface area (Å²) < 4.78 is 12.5. The highest BCUT2D eigenvalue weighted by atomic mass is 32.2. The first-order valence-corrected chi connectivity index (χ1v) is 9.57. The fourth-order valence-corrected chi connectivity index (χ4v) is 3.47. The van der Waals surface area contributed by atoms with Crippen LogP contribution in [0.4, 0.5) is 0 Å². The molecule has 3 aromatic rings. The average molecular weight is 383 g/mol. The van der Waals surface area contributed by atoms with Gasteiger partial charge in [-0.25, -0.2) is 0 Å². The van der Waals surface area contributed by atoms with Crippen molar-refractivity contribution in [1.29, 1.82) is 0 Å². The average Bonchev–Trinajstić information content (AvgIpc) is 3.10. The summed E-state index contributed by atoms with van der Waals surface area (Å²) in [5.41, 5.74) is 2.86. The molecule has 0 aliphatic carbocycles. The Labute approximate surface area is 162 Å². The summed E-state index contributed by atoms with van der Waals surface area (Å²) in [5, 5.41) is 9.35. The van der Waals surface area contributed by atoms with Crippen molar-refractivity contribution in [2.45, 2.75) is 19.0 Å². The quantitative estimate of drug-likeness (QED) is 0.455. The molecule has 0 N–H and O–H groups in total. The number of hydrogen-bond donors (Lipinski definition) is 0. The summed E-state index contributed by atoms with van der Waals surface area (Å²) in [6.45, 7) is 4.18. The van der Waals surface area contributed by atoms with Gasteiger partial charge in [-0.1, -0.05) is 42.1 Å². The molecular weight excluding hydrogens is 362 g/mol. The molecule has 0 unspecified atom stereocenters. The maximum Gasteiger partial charge on any atom is 0.316 e. The number of ether oxygens (including phenoxy) is 2. The van der Waals surface area contributed by atoms with Gasteiger partial charge in [0.25, 0.3) is 0 Å². The van der Waals surface area contributed by atoms with Gasteiger partial charge in [-0.15, -0.1) is 10.2 Å². The van der Waals surface area contributed by atoms with E-state index < -0.39 is 0 Å². The zero-order valence-corrected chi connectivity index (χ0v) is 16.3. The zero-order chi connectivity index (χ0) is 19.2. The molecule has 0 atom stereocenters. The Morgan fingerprint density at radius 2 is 1.85 bits per heavy atom. The minimum Gasteiger partial charge on any atom is -0.496 e.